The molecule has 0 bridgehead atoms. The fraction of sp³-hybridized carbons (Fsp3) is 0.100. The lowest BCUT2D eigenvalue weighted by atomic mass is 10.0. The third-order valence-electron chi connectivity index (χ3n) is 2.14. The number of nitrogens with zero attached hydrogens (tertiary/aromatic N) is 1. The summed E-state index contributed by atoms with van der Waals surface area (Å²) in [7, 11) is 0. The van der Waals surface area contributed by atoms with Crippen LogP contribution in [0, 0.1) is 11.6 Å². The number of alkyl halides is 3. The Morgan fingerprint density at radius 3 is 2.33 bits per heavy atom. The zero-order valence-corrected chi connectivity index (χ0v) is 9.37. The van der Waals surface area contributed by atoms with Crippen molar-refractivity contribution in [3.63, 3.8) is 0 Å². The van der Waals surface area contributed by atoms with Crippen molar-refractivity contribution in [2.75, 3.05) is 5.73 Å². The fourth-order valence-corrected chi connectivity index (χ4v) is 2.01. The van der Waals surface area contributed by atoms with E-state index in [0.29, 0.717) is 6.07 Å². The third kappa shape index (κ3) is 2.28. The lowest BCUT2D eigenvalue weighted by Gasteiger charge is -2.12. The Kier molecular flexibility index (Phi) is 2.97. The number of anilines is 1. The largest absolute Gasteiger partial charge is 0.417 e. The number of thiazole rings is 1. The van der Waals surface area contributed by atoms with E-state index >= 15 is 0 Å². The molecule has 2 nitrogen and oxygen atoms in total. The minimum absolute atomic E-state index is 0.00171. The SMILES string of the molecule is Nc1nc(-c2c(F)cc(F)cc2C(F)(F)F)cs1. The highest BCUT2D eigenvalue weighted by molar-refractivity contribution is 7.13. The van der Waals surface area contributed by atoms with Gasteiger partial charge in [-0.3, -0.25) is 0 Å². The fourth-order valence-electron chi connectivity index (χ4n) is 1.46. The van der Waals surface area contributed by atoms with Crippen molar-refractivity contribution < 1.29 is 22.0 Å². The van der Waals surface area contributed by atoms with Crippen LogP contribution < -0.4 is 5.73 Å². The molecule has 0 unspecified atom stereocenters. The molecule has 0 spiro atoms. The van der Waals surface area contributed by atoms with Crippen molar-refractivity contribution in [2.24, 2.45) is 0 Å². The van der Waals surface area contributed by atoms with E-state index in [1.54, 1.807) is 0 Å². The molecule has 18 heavy (non-hydrogen) atoms. The number of nitrogens with two attached hydrogens (primary N) is 1. The molecular formula is C10H5F5N2S. The highest BCUT2D eigenvalue weighted by Gasteiger charge is 2.36. The molecule has 0 saturated heterocycles. The third-order valence-corrected chi connectivity index (χ3v) is 2.81. The highest BCUT2D eigenvalue weighted by atomic mass is 32.1. The monoisotopic (exact) mass is 280 g/mol. The normalized spacial score (nSPS) is 11.8. The summed E-state index contributed by atoms with van der Waals surface area (Å²) in [5, 5.41) is 1.18. The average Bonchev–Trinajstić information content (AvgIpc) is 2.62. The van der Waals surface area contributed by atoms with Crippen molar-refractivity contribution in [3.05, 3.63) is 34.7 Å². The number of nitrogen functional groups attached to an aromatic ring is 1. The Hall–Kier alpha value is -1.70. The van der Waals surface area contributed by atoms with Crippen molar-refractivity contribution in [1.29, 1.82) is 0 Å². The minimum Gasteiger partial charge on any atom is -0.375 e. The standard InChI is InChI=1S/C10H5F5N2S/c11-4-1-5(10(13,14)15)8(6(12)2-4)7-3-18-9(16)17-7/h1-3H,(H2,16,17). The van der Waals surface area contributed by atoms with Gasteiger partial charge >= 0.3 is 6.18 Å². The summed E-state index contributed by atoms with van der Waals surface area (Å²) < 4.78 is 64.5. The van der Waals surface area contributed by atoms with Gasteiger partial charge in [-0.2, -0.15) is 13.2 Å². The minimum atomic E-state index is -4.88. The average molecular weight is 280 g/mol. The van der Waals surface area contributed by atoms with E-state index in [1.807, 2.05) is 0 Å². The van der Waals surface area contributed by atoms with Crippen LogP contribution in [0.1, 0.15) is 5.56 Å². The molecule has 1 aromatic heterocycles. The summed E-state index contributed by atoms with van der Waals surface area (Å²) in [4.78, 5) is 3.58. The van der Waals surface area contributed by atoms with E-state index in [1.165, 1.54) is 5.38 Å². The van der Waals surface area contributed by atoms with Crippen molar-refractivity contribution in [2.45, 2.75) is 6.18 Å². The van der Waals surface area contributed by atoms with Crippen LogP contribution in [0.15, 0.2) is 17.5 Å². The van der Waals surface area contributed by atoms with E-state index in [0.717, 1.165) is 11.3 Å². The Balaban J connectivity index is 2.73. The highest BCUT2D eigenvalue weighted by Crippen LogP contribution is 2.39. The zero-order chi connectivity index (χ0) is 13.5. The van der Waals surface area contributed by atoms with Crippen molar-refractivity contribution >= 4 is 16.5 Å². The van der Waals surface area contributed by atoms with Gasteiger partial charge in [0.25, 0.3) is 0 Å². The number of hydrogen-bond donors (Lipinski definition) is 1. The molecule has 2 N–H and O–H groups in total. The van der Waals surface area contributed by atoms with Gasteiger partial charge in [-0.1, -0.05) is 0 Å². The Morgan fingerprint density at radius 1 is 1.17 bits per heavy atom. The predicted molar refractivity (Wildman–Crippen MR) is 56.9 cm³/mol. The van der Waals surface area contributed by atoms with Crippen LogP contribution in [0.2, 0.25) is 0 Å². The van der Waals surface area contributed by atoms with E-state index < -0.39 is 28.9 Å². The molecule has 96 valence electrons. The van der Waals surface area contributed by atoms with Gasteiger partial charge in [0.05, 0.1) is 11.3 Å². The van der Waals surface area contributed by atoms with Crippen LogP contribution in [-0.4, -0.2) is 4.98 Å². The maximum Gasteiger partial charge on any atom is 0.417 e. The second-order valence-electron chi connectivity index (χ2n) is 3.38. The molecule has 0 saturated carbocycles. The second-order valence-corrected chi connectivity index (χ2v) is 4.27. The van der Waals surface area contributed by atoms with Gasteiger partial charge in [-0.05, 0) is 6.07 Å². The summed E-state index contributed by atoms with van der Waals surface area (Å²) in [6.45, 7) is 0. The lowest BCUT2D eigenvalue weighted by molar-refractivity contribution is -0.137. The number of halogens is 5. The Bertz CT molecular complexity index is 590. The summed E-state index contributed by atoms with van der Waals surface area (Å²) >= 11 is 0.870. The van der Waals surface area contributed by atoms with Crippen LogP contribution in [0.25, 0.3) is 11.3 Å². The molecule has 8 heteroatoms. The number of benzene rings is 1. The molecule has 0 amide bonds. The molecule has 0 atom stereocenters. The molecule has 2 aromatic rings. The number of rotatable bonds is 1. The number of aromatic nitrogens is 1. The van der Waals surface area contributed by atoms with Crippen molar-refractivity contribution in [1.82, 2.24) is 4.98 Å². The quantitative estimate of drug-likeness (QED) is 0.809. The van der Waals surface area contributed by atoms with Gasteiger partial charge in [-0.15, -0.1) is 11.3 Å². The predicted octanol–water partition coefficient (Wildman–Crippen LogP) is 3.69. The molecule has 0 aliphatic heterocycles. The second kappa shape index (κ2) is 4.20. The van der Waals surface area contributed by atoms with Gasteiger partial charge in [0, 0.05) is 17.0 Å². The van der Waals surface area contributed by atoms with Crippen LogP contribution in [-0.2, 0) is 6.18 Å². The maximum absolute atomic E-state index is 13.5. The lowest BCUT2D eigenvalue weighted by Crippen LogP contribution is -2.09. The van der Waals surface area contributed by atoms with Crippen molar-refractivity contribution in [3.8, 4) is 11.3 Å². The van der Waals surface area contributed by atoms with Crippen LogP contribution >= 0.6 is 11.3 Å². The molecule has 0 aliphatic rings. The molecule has 0 aliphatic carbocycles. The maximum atomic E-state index is 13.5. The summed E-state index contributed by atoms with van der Waals surface area (Å²) in [6, 6.07) is 0.605. The van der Waals surface area contributed by atoms with Gasteiger partial charge in [0.1, 0.15) is 11.6 Å². The molecule has 2 rings (SSSR count). The molecule has 1 aromatic carbocycles. The van der Waals surface area contributed by atoms with E-state index in [4.69, 9.17) is 5.73 Å². The first-order valence-electron chi connectivity index (χ1n) is 4.56. The summed E-state index contributed by atoms with van der Waals surface area (Å²) in [5.41, 5.74) is 2.82. The van der Waals surface area contributed by atoms with Gasteiger partial charge in [0.2, 0.25) is 0 Å². The van der Waals surface area contributed by atoms with Gasteiger partial charge in [-0.25, -0.2) is 13.8 Å². The smallest absolute Gasteiger partial charge is 0.375 e. The van der Waals surface area contributed by atoms with E-state index in [9.17, 15) is 22.0 Å². The summed E-state index contributed by atoms with van der Waals surface area (Å²) in [6.07, 6.45) is -4.88. The number of hydrogen-bond acceptors (Lipinski definition) is 3. The Morgan fingerprint density at radius 2 is 1.83 bits per heavy atom. The molecular weight excluding hydrogens is 275 g/mol. The van der Waals surface area contributed by atoms with Crippen LogP contribution in [0.3, 0.4) is 0 Å². The van der Waals surface area contributed by atoms with E-state index in [-0.39, 0.29) is 16.9 Å². The molecule has 1 heterocycles. The zero-order valence-electron chi connectivity index (χ0n) is 8.55. The Labute approximate surface area is 102 Å². The van der Waals surface area contributed by atoms with E-state index in [2.05, 4.69) is 4.98 Å². The molecule has 0 radical (unpaired) electrons. The topological polar surface area (TPSA) is 38.9 Å². The van der Waals surface area contributed by atoms with Gasteiger partial charge in [0.15, 0.2) is 5.13 Å². The van der Waals surface area contributed by atoms with Crippen LogP contribution in [0.5, 0.6) is 0 Å². The van der Waals surface area contributed by atoms with Crippen LogP contribution in [0.4, 0.5) is 27.1 Å². The summed E-state index contributed by atoms with van der Waals surface area (Å²) in [5.74, 6) is -2.63. The first kappa shape index (κ1) is 12.7. The first-order chi connectivity index (χ1) is 8.29. The first-order valence-corrected chi connectivity index (χ1v) is 5.44. The molecule has 0 fully saturated rings. The van der Waals surface area contributed by atoms with Gasteiger partial charge < -0.3 is 5.73 Å².